The molecule has 1 fully saturated rings. The Morgan fingerprint density at radius 1 is 1.09 bits per heavy atom. The topological polar surface area (TPSA) is 74.6 Å². The molecule has 0 bridgehead atoms. The molecule has 2 amide bonds. The molecular formula is C26H31N3O3. The molecule has 3 aromatic rings. The first-order valence-electron chi connectivity index (χ1n) is 11.4. The summed E-state index contributed by atoms with van der Waals surface area (Å²) in [5.74, 6) is -0.368. The van der Waals surface area contributed by atoms with E-state index < -0.39 is 5.54 Å². The number of anilines is 2. The van der Waals surface area contributed by atoms with Crippen LogP contribution < -0.4 is 15.5 Å². The van der Waals surface area contributed by atoms with Crippen LogP contribution in [0.5, 0.6) is 0 Å². The summed E-state index contributed by atoms with van der Waals surface area (Å²) in [6, 6.07) is 15.5. The summed E-state index contributed by atoms with van der Waals surface area (Å²) in [7, 11) is 0. The van der Waals surface area contributed by atoms with Gasteiger partial charge >= 0.3 is 0 Å². The van der Waals surface area contributed by atoms with Crippen LogP contribution in [-0.4, -0.2) is 30.4 Å². The van der Waals surface area contributed by atoms with Gasteiger partial charge in [0.25, 0.3) is 5.91 Å². The number of furan rings is 1. The molecule has 0 radical (unpaired) electrons. The van der Waals surface area contributed by atoms with Crippen LogP contribution in [0.25, 0.3) is 11.0 Å². The molecule has 32 heavy (non-hydrogen) atoms. The van der Waals surface area contributed by atoms with Gasteiger partial charge in [0, 0.05) is 35.4 Å². The van der Waals surface area contributed by atoms with Crippen LogP contribution in [-0.2, 0) is 4.79 Å². The van der Waals surface area contributed by atoms with Crippen molar-refractivity contribution >= 4 is 34.2 Å². The number of fused-ring (bicyclic) bond motifs is 1. The predicted molar refractivity (Wildman–Crippen MR) is 128 cm³/mol. The Bertz CT molecular complexity index is 1130. The SMILES string of the molecule is CCC[C@@](C)(NC(=O)c1oc2ccccc2c1C)C(=O)Nc1cccc(N2CCCC2)c1. The molecule has 168 valence electrons. The summed E-state index contributed by atoms with van der Waals surface area (Å²) in [5.41, 5.74) is 2.21. The summed E-state index contributed by atoms with van der Waals surface area (Å²) < 4.78 is 5.81. The number of nitrogens with zero attached hydrogens (tertiary/aromatic N) is 1. The van der Waals surface area contributed by atoms with Crippen LogP contribution >= 0.6 is 0 Å². The summed E-state index contributed by atoms with van der Waals surface area (Å²) in [4.78, 5) is 28.8. The van der Waals surface area contributed by atoms with Crippen LogP contribution in [0.3, 0.4) is 0 Å². The molecule has 0 saturated carbocycles. The second kappa shape index (κ2) is 9.07. The highest BCUT2D eigenvalue weighted by Gasteiger charge is 2.36. The third-order valence-electron chi connectivity index (χ3n) is 6.27. The van der Waals surface area contributed by atoms with Gasteiger partial charge in [-0.3, -0.25) is 9.59 Å². The second-order valence-electron chi connectivity index (χ2n) is 8.79. The molecular weight excluding hydrogens is 402 g/mol. The average molecular weight is 434 g/mol. The number of aryl methyl sites for hydroxylation is 1. The van der Waals surface area contributed by atoms with Gasteiger partial charge in [-0.1, -0.05) is 37.6 Å². The van der Waals surface area contributed by atoms with E-state index in [0.717, 1.165) is 41.8 Å². The maximum atomic E-state index is 13.3. The van der Waals surface area contributed by atoms with Crippen LogP contribution in [0.2, 0.25) is 0 Å². The second-order valence-corrected chi connectivity index (χ2v) is 8.79. The van der Waals surface area contributed by atoms with Crippen LogP contribution in [0.15, 0.2) is 52.9 Å². The molecule has 1 aliphatic rings. The monoisotopic (exact) mass is 433 g/mol. The van der Waals surface area contributed by atoms with E-state index in [1.54, 1.807) is 6.92 Å². The molecule has 1 aromatic heterocycles. The largest absolute Gasteiger partial charge is 0.451 e. The highest BCUT2D eigenvalue weighted by molar-refractivity contribution is 6.05. The van der Waals surface area contributed by atoms with Crippen LogP contribution in [0.4, 0.5) is 11.4 Å². The van der Waals surface area contributed by atoms with Crippen molar-refractivity contribution in [3.8, 4) is 0 Å². The molecule has 2 aromatic carbocycles. The van der Waals surface area contributed by atoms with E-state index in [-0.39, 0.29) is 17.6 Å². The van der Waals surface area contributed by atoms with Crippen molar-refractivity contribution in [1.82, 2.24) is 5.32 Å². The van der Waals surface area contributed by atoms with Crippen molar-refractivity contribution < 1.29 is 14.0 Å². The summed E-state index contributed by atoms with van der Waals surface area (Å²) in [5, 5.41) is 6.87. The van der Waals surface area contributed by atoms with E-state index in [0.29, 0.717) is 12.0 Å². The molecule has 2 N–H and O–H groups in total. The molecule has 2 heterocycles. The van der Waals surface area contributed by atoms with Gasteiger partial charge in [0.15, 0.2) is 5.76 Å². The third kappa shape index (κ3) is 4.35. The number of nitrogens with one attached hydrogen (secondary N) is 2. The number of amides is 2. The Labute approximate surface area is 189 Å². The van der Waals surface area contributed by atoms with Gasteiger partial charge in [-0.15, -0.1) is 0 Å². The standard InChI is InChI=1S/C26H31N3O3/c1-4-14-26(3,28-24(30)23-18(2)21-12-5-6-13-22(21)32-23)25(31)27-19-10-9-11-20(17-19)29-15-7-8-16-29/h5-6,9-13,17H,4,7-8,14-16H2,1-3H3,(H,27,31)(H,28,30)/t26-/m1/s1. The lowest BCUT2D eigenvalue weighted by atomic mass is 9.94. The first-order chi connectivity index (χ1) is 15.4. The van der Waals surface area contributed by atoms with Gasteiger partial charge in [0.05, 0.1) is 0 Å². The molecule has 6 heteroatoms. The van der Waals surface area contributed by atoms with Crippen molar-refractivity contribution in [2.24, 2.45) is 0 Å². The van der Waals surface area contributed by atoms with E-state index in [1.807, 2.05) is 56.3 Å². The first kappa shape index (κ1) is 21.9. The maximum Gasteiger partial charge on any atom is 0.288 e. The van der Waals surface area contributed by atoms with E-state index >= 15 is 0 Å². The Kier molecular flexibility index (Phi) is 6.21. The number of hydrogen-bond donors (Lipinski definition) is 2. The summed E-state index contributed by atoms with van der Waals surface area (Å²) >= 11 is 0. The normalized spacial score (nSPS) is 15.5. The van der Waals surface area contributed by atoms with Crippen LogP contribution in [0, 0.1) is 6.92 Å². The average Bonchev–Trinajstić information content (AvgIpc) is 3.43. The molecule has 0 unspecified atom stereocenters. The minimum Gasteiger partial charge on any atom is -0.451 e. The lowest BCUT2D eigenvalue weighted by Crippen LogP contribution is -2.54. The fourth-order valence-corrected chi connectivity index (χ4v) is 4.46. The summed E-state index contributed by atoms with van der Waals surface area (Å²) in [6.07, 6.45) is 3.64. The van der Waals surface area contributed by atoms with Gasteiger partial charge < -0.3 is 20.0 Å². The number of carbonyl (C=O) groups is 2. The minimum absolute atomic E-state index is 0.236. The van der Waals surface area contributed by atoms with E-state index in [1.165, 1.54) is 12.8 Å². The fraction of sp³-hybridized carbons (Fsp3) is 0.385. The van der Waals surface area contributed by atoms with Crippen molar-refractivity contribution in [1.29, 1.82) is 0 Å². The van der Waals surface area contributed by atoms with Gasteiger partial charge in [-0.05, 0) is 57.4 Å². The zero-order chi connectivity index (χ0) is 22.7. The molecule has 6 nitrogen and oxygen atoms in total. The lowest BCUT2D eigenvalue weighted by molar-refractivity contribution is -0.121. The number of benzene rings is 2. The van der Waals surface area contributed by atoms with Crippen molar-refractivity contribution in [3.63, 3.8) is 0 Å². The highest BCUT2D eigenvalue weighted by atomic mass is 16.3. The zero-order valence-corrected chi connectivity index (χ0v) is 19.0. The van der Waals surface area contributed by atoms with Gasteiger partial charge in [-0.2, -0.15) is 0 Å². The van der Waals surface area contributed by atoms with E-state index in [2.05, 4.69) is 21.6 Å². The zero-order valence-electron chi connectivity index (χ0n) is 19.0. The number of rotatable bonds is 7. The minimum atomic E-state index is -1.07. The Morgan fingerprint density at radius 2 is 1.84 bits per heavy atom. The van der Waals surface area contributed by atoms with E-state index in [4.69, 9.17) is 4.42 Å². The summed E-state index contributed by atoms with van der Waals surface area (Å²) in [6.45, 7) is 7.71. The van der Waals surface area contributed by atoms with Gasteiger partial charge in [-0.25, -0.2) is 0 Å². The fourth-order valence-electron chi connectivity index (χ4n) is 4.46. The molecule has 0 aliphatic carbocycles. The predicted octanol–water partition coefficient (Wildman–Crippen LogP) is 5.27. The third-order valence-corrected chi connectivity index (χ3v) is 6.27. The molecule has 0 spiro atoms. The Hall–Kier alpha value is -3.28. The lowest BCUT2D eigenvalue weighted by Gasteiger charge is -2.29. The van der Waals surface area contributed by atoms with Gasteiger partial charge in [0.1, 0.15) is 11.1 Å². The van der Waals surface area contributed by atoms with Crippen molar-refractivity contribution in [2.75, 3.05) is 23.3 Å². The van der Waals surface area contributed by atoms with E-state index in [9.17, 15) is 9.59 Å². The Morgan fingerprint density at radius 3 is 2.56 bits per heavy atom. The van der Waals surface area contributed by atoms with Crippen molar-refractivity contribution in [2.45, 2.75) is 52.0 Å². The number of hydrogen-bond acceptors (Lipinski definition) is 4. The number of carbonyl (C=O) groups excluding carboxylic acids is 2. The first-order valence-corrected chi connectivity index (χ1v) is 11.4. The number of para-hydroxylation sites is 1. The molecule has 4 rings (SSSR count). The van der Waals surface area contributed by atoms with Crippen molar-refractivity contribution in [3.05, 3.63) is 59.9 Å². The highest BCUT2D eigenvalue weighted by Crippen LogP contribution is 2.27. The smallest absolute Gasteiger partial charge is 0.288 e. The molecule has 1 aliphatic heterocycles. The quantitative estimate of drug-likeness (QED) is 0.532. The molecule has 1 saturated heterocycles. The Balaban J connectivity index is 1.53. The maximum absolute atomic E-state index is 13.3. The van der Waals surface area contributed by atoms with Crippen LogP contribution in [0.1, 0.15) is 55.6 Å². The molecule has 1 atom stereocenters. The van der Waals surface area contributed by atoms with Gasteiger partial charge in [0.2, 0.25) is 5.91 Å².